The number of aliphatic imine (C=N–C) groups is 1. The van der Waals surface area contributed by atoms with E-state index in [0.29, 0.717) is 24.5 Å². The third-order valence-corrected chi connectivity index (χ3v) is 6.04. The van der Waals surface area contributed by atoms with Crippen molar-refractivity contribution in [3.63, 3.8) is 0 Å². The summed E-state index contributed by atoms with van der Waals surface area (Å²) < 4.78 is 12.6. The molecule has 0 radical (unpaired) electrons. The van der Waals surface area contributed by atoms with Crippen LogP contribution in [0.3, 0.4) is 0 Å². The highest BCUT2D eigenvalue weighted by atomic mass is 79.9. The molecule has 26 heavy (non-hydrogen) atoms. The van der Waals surface area contributed by atoms with Crippen molar-refractivity contribution in [3.8, 4) is 0 Å². The molecule has 1 atom stereocenters. The SMILES string of the molecule is CC[S+]([O-])CCCN1C(=O)CN=C(c2ccccn2)c2cc(Br)ccc21. The summed E-state index contributed by atoms with van der Waals surface area (Å²) in [4.78, 5) is 23.4. The Kier molecular flexibility index (Phi) is 6.45. The van der Waals surface area contributed by atoms with Crippen LogP contribution in [0.15, 0.2) is 52.1 Å². The Morgan fingerprint density at radius 2 is 2.15 bits per heavy atom. The molecular weight excluding hydrogens is 414 g/mol. The number of fused-ring (bicyclic) bond motifs is 1. The lowest BCUT2D eigenvalue weighted by molar-refractivity contribution is -0.117. The van der Waals surface area contributed by atoms with Crippen molar-refractivity contribution in [3.05, 3.63) is 58.3 Å². The summed E-state index contributed by atoms with van der Waals surface area (Å²) in [5.41, 5.74) is 3.16. The van der Waals surface area contributed by atoms with E-state index in [1.165, 1.54) is 0 Å². The van der Waals surface area contributed by atoms with Gasteiger partial charge in [-0.2, -0.15) is 0 Å². The molecule has 1 unspecified atom stereocenters. The smallest absolute Gasteiger partial charge is 0.248 e. The van der Waals surface area contributed by atoms with E-state index in [2.05, 4.69) is 25.9 Å². The third kappa shape index (κ3) is 4.34. The average molecular weight is 434 g/mol. The number of amides is 1. The van der Waals surface area contributed by atoms with E-state index < -0.39 is 11.2 Å². The van der Waals surface area contributed by atoms with Crippen molar-refractivity contribution in [2.45, 2.75) is 13.3 Å². The zero-order chi connectivity index (χ0) is 18.5. The molecule has 3 rings (SSSR count). The van der Waals surface area contributed by atoms with Crippen LogP contribution >= 0.6 is 15.9 Å². The van der Waals surface area contributed by atoms with Gasteiger partial charge < -0.3 is 9.45 Å². The van der Waals surface area contributed by atoms with Gasteiger partial charge in [0.1, 0.15) is 18.1 Å². The number of nitrogens with zero attached hydrogens (tertiary/aromatic N) is 3. The first-order chi connectivity index (χ1) is 12.6. The van der Waals surface area contributed by atoms with Crippen LogP contribution < -0.4 is 4.90 Å². The summed E-state index contributed by atoms with van der Waals surface area (Å²) in [6, 6.07) is 11.5. The summed E-state index contributed by atoms with van der Waals surface area (Å²) in [6.45, 7) is 2.52. The van der Waals surface area contributed by atoms with Gasteiger partial charge in [0.25, 0.3) is 0 Å². The van der Waals surface area contributed by atoms with Gasteiger partial charge in [-0.05, 0) is 37.3 Å². The Labute approximate surface area is 164 Å². The van der Waals surface area contributed by atoms with Crippen LogP contribution in [0.2, 0.25) is 0 Å². The first kappa shape index (κ1) is 19.1. The number of hydrogen-bond donors (Lipinski definition) is 0. The summed E-state index contributed by atoms with van der Waals surface area (Å²) in [5.74, 6) is 1.19. The lowest BCUT2D eigenvalue weighted by Gasteiger charge is -2.23. The van der Waals surface area contributed by atoms with Crippen LogP contribution in [0.5, 0.6) is 0 Å². The Bertz CT molecular complexity index is 814. The lowest BCUT2D eigenvalue weighted by atomic mass is 10.0. The van der Waals surface area contributed by atoms with E-state index in [9.17, 15) is 9.35 Å². The van der Waals surface area contributed by atoms with Crippen LogP contribution in [-0.4, -0.2) is 45.8 Å². The average Bonchev–Trinajstić information content (AvgIpc) is 2.79. The van der Waals surface area contributed by atoms with Gasteiger partial charge in [0, 0.05) is 29.2 Å². The molecule has 0 saturated heterocycles. The van der Waals surface area contributed by atoms with E-state index in [-0.39, 0.29) is 12.5 Å². The molecule has 5 nitrogen and oxygen atoms in total. The van der Waals surface area contributed by atoms with Crippen LogP contribution in [-0.2, 0) is 16.0 Å². The zero-order valence-corrected chi connectivity index (χ0v) is 16.9. The molecule has 1 aliphatic rings. The fourth-order valence-electron chi connectivity index (χ4n) is 2.88. The van der Waals surface area contributed by atoms with E-state index in [1.54, 1.807) is 11.1 Å². The molecule has 136 valence electrons. The van der Waals surface area contributed by atoms with Crippen LogP contribution in [0.4, 0.5) is 5.69 Å². The minimum absolute atomic E-state index is 0.0539. The molecule has 2 heterocycles. The van der Waals surface area contributed by atoms with E-state index in [4.69, 9.17) is 0 Å². The van der Waals surface area contributed by atoms with Crippen molar-refractivity contribution in [2.24, 2.45) is 4.99 Å². The maximum absolute atomic E-state index is 12.7. The number of halogens is 1. The van der Waals surface area contributed by atoms with Crippen LogP contribution in [0.1, 0.15) is 24.6 Å². The number of carbonyl (C=O) groups is 1. The third-order valence-electron chi connectivity index (χ3n) is 4.16. The van der Waals surface area contributed by atoms with Gasteiger partial charge in [-0.25, -0.2) is 0 Å². The van der Waals surface area contributed by atoms with E-state index in [1.807, 2.05) is 43.3 Å². The number of hydrogen-bond acceptors (Lipinski definition) is 4. The number of anilines is 1. The number of pyridine rings is 1. The number of aromatic nitrogens is 1. The second-order valence-electron chi connectivity index (χ2n) is 5.87. The van der Waals surface area contributed by atoms with Crippen molar-refractivity contribution in [1.29, 1.82) is 0 Å². The fourth-order valence-corrected chi connectivity index (χ4v) is 3.98. The summed E-state index contributed by atoms with van der Waals surface area (Å²) >= 11 is 2.68. The predicted octanol–water partition coefficient (Wildman–Crippen LogP) is 3.19. The van der Waals surface area contributed by atoms with Crippen LogP contribution in [0, 0.1) is 0 Å². The summed E-state index contributed by atoms with van der Waals surface area (Å²) in [6.07, 6.45) is 2.42. The van der Waals surface area contributed by atoms with Crippen molar-refractivity contribution in [2.75, 3.05) is 29.5 Å². The predicted molar refractivity (Wildman–Crippen MR) is 109 cm³/mol. The molecule has 2 aromatic rings. The first-order valence-corrected chi connectivity index (χ1v) is 10.8. The molecule has 0 bridgehead atoms. The maximum Gasteiger partial charge on any atom is 0.248 e. The molecule has 0 N–H and O–H groups in total. The van der Waals surface area contributed by atoms with E-state index in [0.717, 1.165) is 27.1 Å². The van der Waals surface area contributed by atoms with Gasteiger partial charge in [-0.15, -0.1) is 0 Å². The number of benzodiazepines with no additional fused rings is 1. The van der Waals surface area contributed by atoms with Gasteiger partial charge in [0.2, 0.25) is 5.91 Å². The van der Waals surface area contributed by atoms with Gasteiger partial charge in [0.05, 0.1) is 17.1 Å². The number of rotatable bonds is 6. The molecule has 0 aliphatic carbocycles. The van der Waals surface area contributed by atoms with Crippen molar-refractivity contribution in [1.82, 2.24) is 4.98 Å². The summed E-state index contributed by atoms with van der Waals surface area (Å²) in [5, 5.41) is 0. The Balaban J connectivity index is 1.95. The molecule has 1 amide bonds. The minimum Gasteiger partial charge on any atom is -0.616 e. The van der Waals surface area contributed by atoms with Gasteiger partial charge in [-0.3, -0.25) is 14.8 Å². The molecule has 7 heteroatoms. The molecule has 0 spiro atoms. The Morgan fingerprint density at radius 3 is 2.88 bits per heavy atom. The molecule has 1 aromatic heterocycles. The van der Waals surface area contributed by atoms with Crippen molar-refractivity contribution < 1.29 is 9.35 Å². The topological polar surface area (TPSA) is 68.6 Å². The standard InChI is InChI=1S/C19H20BrN3O2S/c1-2-26(25)11-5-10-23-17-8-7-14(20)12-15(17)19(22-13-18(23)24)16-6-3-4-9-21-16/h3-4,6-9,12H,2,5,10-11,13H2,1H3. The highest BCUT2D eigenvalue weighted by molar-refractivity contribution is 9.10. The maximum atomic E-state index is 12.7. The van der Waals surface area contributed by atoms with Gasteiger partial charge in [-0.1, -0.05) is 33.2 Å². The monoisotopic (exact) mass is 433 g/mol. The summed E-state index contributed by atoms with van der Waals surface area (Å²) in [7, 11) is 0. The molecular formula is C19H20BrN3O2S. The Hall–Kier alpha value is -1.70. The van der Waals surface area contributed by atoms with E-state index >= 15 is 0 Å². The zero-order valence-electron chi connectivity index (χ0n) is 14.5. The Morgan fingerprint density at radius 1 is 1.31 bits per heavy atom. The molecule has 0 fully saturated rings. The lowest BCUT2D eigenvalue weighted by Crippen LogP contribution is -2.34. The van der Waals surface area contributed by atoms with Crippen molar-refractivity contribution >= 4 is 44.4 Å². The number of benzene rings is 1. The molecule has 1 aliphatic heterocycles. The second kappa shape index (κ2) is 8.79. The largest absolute Gasteiger partial charge is 0.616 e. The quantitative estimate of drug-likeness (QED) is 0.656. The molecule has 1 aromatic carbocycles. The van der Waals surface area contributed by atoms with Gasteiger partial charge in [0.15, 0.2) is 0 Å². The second-order valence-corrected chi connectivity index (χ2v) is 8.65. The van der Waals surface area contributed by atoms with Crippen LogP contribution in [0.25, 0.3) is 0 Å². The normalized spacial score (nSPS) is 15.3. The minimum atomic E-state index is -0.829. The fraction of sp³-hybridized carbons (Fsp3) is 0.316. The first-order valence-electron chi connectivity index (χ1n) is 8.51. The highest BCUT2D eigenvalue weighted by Gasteiger charge is 2.25. The highest BCUT2D eigenvalue weighted by Crippen LogP contribution is 2.29. The van der Waals surface area contributed by atoms with Gasteiger partial charge >= 0.3 is 0 Å². The molecule has 0 saturated carbocycles. The number of carbonyl (C=O) groups excluding carboxylic acids is 1.